The van der Waals surface area contributed by atoms with Crippen LogP contribution in [0.1, 0.15) is 21.5 Å². The van der Waals surface area contributed by atoms with Crippen molar-refractivity contribution in [1.29, 1.82) is 0 Å². The Hall–Kier alpha value is -2.69. The van der Waals surface area contributed by atoms with E-state index in [1.54, 1.807) is 32.0 Å². The van der Waals surface area contributed by atoms with Gasteiger partial charge in [0.25, 0.3) is 0 Å². The summed E-state index contributed by atoms with van der Waals surface area (Å²) >= 11 is 0. The van der Waals surface area contributed by atoms with Gasteiger partial charge in [-0.3, -0.25) is 0 Å². The third kappa shape index (κ3) is 3.25. The van der Waals surface area contributed by atoms with Crippen molar-refractivity contribution >= 4 is 5.97 Å². The molecule has 0 aliphatic rings. The molecule has 2 rings (SSSR count). The van der Waals surface area contributed by atoms with E-state index in [-0.39, 0.29) is 22.8 Å². The topological polar surface area (TPSA) is 76.0 Å². The number of ether oxygens (including phenoxy) is 2. The number of phenolic OH excluding ortho intramolecular Hbond substituents is 2. The Morgan fingerprint density at radius 1 is 1.00 bits per heavy atom. The molecule has 2 aromatic carbocycles. The van der Waals surface area contributed by atoms with Gasteiger partial charge in [0.15, 0.2) is 0 Å². The SMILES string of the molecule is COc1cc(C)c(C(=O)Oc2cc(C)cc(O)c2)c(O)c1. The summed E-state index contributed by atoms with van der Waals surface area (Å²) in [5, 5.41) is 19.4. The highest BCUT2D eigenvalue weighted by molar-refractivity contribution is 5.95. The summed E-state index contributed by atoms with van der Waals surface area (Å²) in [4.78, 5) is 12.2. The Kier molecular flexibility index (Phi) is 4.03. The van der Waals surface area contributed by atoms with E-state index in [1.165, 1.54) is 19.2 Å². The van der Waals surface area contributed by atoms with Gasteiger partial charge in [-0.2, -0.15) is 0 Å². The maximum atomic E-state index is 12.2. The monoisotopic (exact) mass is 288 g/mol. The zero-order valence-corrected chi connectivity index (χ0v) is 12.0. The number of aryl methyl sites for hydroxylation is 2. The van der Waals surface area contributed by atoms with Crippen molar-refractivity contribution in [2.75, 3.05) is 7.11 Å². The van der Waals surface area contributed by atoms with Crippen LogP contribution in [0.3, 0.4) is 0 Å². The van der Waals surface area contributed by atoms with Gasteiger partial charge >= 0.3 is 5.97 Å². The number of carbonyl (C=O) groups is 1. The maximum absolute atomic E-state index is 12.2. The quantitative estimate of drug-likeness (QED) is 0.671. The zero-order valence-electron chi connectivity index (χ0n) is 12.0. The Labute approximate surface area is 122 Å². The van der Waals surface area contributed by atoms with Crippen LogP contribution in [0.4, 0.5) is 0 Å². The van der Waals surface area contributed by atoms with E-state index in [4.69, 9.17) is 9.47 Å². The van der Waals surface area contributed by atoms with Crippen molar-refractivity contribution in [3.63, 3.8) is 0 Å². The van der Waals surface area contributed by atoms with Gasteiger partial charge in [0, 0.05) is 12.1 Å². The molecule has 0 unspecified atom stereocenters. The summed E-state index contributed by atoms with van der Waals surface area (Å²) in [7, 11) is 1.47. The number of aromatic hydroxyl groups is 2. The van der Waals surface area contributed by atoms with Crippen LogP contribution in [-0.2, 0) is 0 Å². The average molecular weight is 288 g/mol. The summed E-state index contributed by atoms with van der Waals surface area (Å²) < 4.78 is 10.2. The molecule has 0 aliphatic carbocycles. The molecular formula is C16H16O5. The van der Waals surface area contributed by atoms with Crippen LogP contribution in [-0.4, -0.2) is 23.3 Å². The number of hydrogen-bond acceptors (Lipinski definition) is 5. The van der Waals surface area contributed by atoms with Crippen molar-refractivity contribution in [3.8, 4) is 23.0 Å². The molecule has 21 heavy (non-hydrogen) atoms. The minimum Gasteiger partial charge on any atom is -0.508 e. The number of benzene rings is 2. The lowest BCUT2D eigenvalue weighted by Crippen LogP contribution is -2.11. The molecule has 0 aliphatic heterocycles. The first-order chi connectivity index (χ1) is 9.90. The van der Waals surface area contributed by atoms with Crippen LogP contribution in [0.15, 0.2) is 30.3 Å². The molecule has 0 heterocycles. The highest BCUT2D eigenvalue weighted by atomic mass is 16.5. The number of esters is 1. The molecule has 0 spiro atoms. The normalized spacial score (nSPS) is 10.2. The molecule has 5 heteroatoms. The van der Waals surface area contributed by atoms with Gasteiger partial charge in [-0.15, -0.1) is 0 Å². The molecule has 0 saturated carbocycles. The summed E-state index contributed by atoms with van der Waals surface area (Å²) in [6.45, 7) is 3.44. The lowest BCUT2D eigenvalue weighted by Gasteiger charge is -2.11. The van der Waals surface area contributed by atoms with E-state index in [0.717, 1.165) is 5.56 Å². The van der Waals surface area contributed by atoms with Crippen molar-refractivity contribution in [2.24, 2.45) is 0 Å². The van der Waals surface area contributed by atoms with E-state index in [2.05, 4.69) is 0 Å². The fourth-order valence-corrected chi connectivity index (χ4v) is 2.06. The second-order valence-corrected chi connectivity index (χ2v) is 4.73. The van der Waals surface area contributed by atoms with Crippen LogP contribution in [0, 0.1) is 13.8 Å². The lowest BCUT2D eigenvalue weighted by atomic mass is 10.1. The standard InChI is InChI=1S/C16H16O5/c1-9-4-11(17)7-13(5-9)21-16(19)15-10(2)6-12(20-3)8-14(15)18/h4-8,17-18H,1-3H3. The minimum absolute atomic E-state index is 0.00785. The van der Waals surface area contributed by atoms with Crippen molar-refractivity contribution in [2.45, 2.75) is 13.8 Å². The van der Waals surface area contributed by atoms with Gasteiger partial charge < -0.3 is 19.7 Å². The van der Waals surface area contributed by atoms with E-state index >= 15 is 0 Å². The molecule has 0 aromatic heterocycles. The second-order valence-electron chi connectivity index (χ2n) is 4.73. The minimum atomic E-state index is -0.697. The van der Waals surface area contributed by atoms with Gasteiger partial charge in [-0.25, -0.2) is 4.79 Å². The highest BCUT2D eigenvalue weighted by Crippen LogP contribution is 2.29. The molecule has 0 atom stereocenters. The first-order valence-corrected chi connectivity index (χ1v) is 6.31. The number of methoxy groups -OCH3 is 1. The van der Waals surface area contributed by atoms with Crippen molar-refractivity contribution in [3.05, 3.63) is 47.0 Å². The first-order valence-electron chi connectivity index (χ1n) is 6.31. The Bertz CT molecular complexity index is 648. The largest absolute Gasteiger partial charge is 0.508 e. The van der Waals surface area contributed by atoms with Gasteiger partial charge in [-0.1, -0.05) is 0 Å². The van der Waals surface area contributed by atoms with Crippen LogP contribution in [0.5, 0.6) is 23.0 Å². The third-order valence-electron chi connectivity index (χ3n) is 2.97. The zero-order chi connectivity index (χ0) is 15.6. The number of phenols is 2. The predicted octanol–water partition coefficient (Wildman–Crippen LogP) is 2.94. The average Bonchev–Trinajstić information content (AvgIpc) is 2.36. The molecular weight excluding hydrogens is 272 g/mol. The molecule has 0 amide bonds. The van der Waals surface area contributed by atoms with E-state index < -0.39 is 5.97 Å². The third-order valence-corrected chi connectivity index (χ3v) is 2.97. The summed E-state index contributed by atoms with van der Waals surface area (Å²) in [5.74, 6) is -0.235. The second kappa shape index (κ2) is 5.75. The van der Waals surface area contributed by atoms with Crippen LogP contribution in [0.25, 0.3) is 0 Å². The smallest absolute Gasteiger partial charge is 0.347 e. The van der Waals surface area contributed by atoms with Crippen LogP contribution < -0.4 is 9.47 Å². The maximum Gasteiger partial charge on any atom is 0.347 e. The number of hydrogen-bond donors (Lipinski definition) is 2. The summed E-state index contributed by atoms with van der Waals surface area (Å²) in [6, 6.07) is 7.48. The Morgan fingerprint density at radius 3 is 2.29 bits per heavy atom. The van der Waals surface area contributed by atoms with E-state index in [1.807, 2.05) is 0 Å². The first kappa shape index (κ1) is 14.7. The number of carbonyl (C=O) groups excluding carboxylic acids is 1. The molecule has 2 aromatic rings. The fourth-order valence-electron chi connectivity index (χ4n) is 2.06. The van der Waals surface area contributed by atoms with Gasteiger partial charge in [0.05, 0.1) is 7.11 Å². The molecule has 5 nitrogen and oxygen atoms in total. The molecule has 0 bridgehead atoms. The van der Waals surface area contributed by atoms with Gasteiger partial charge in [0.1, 0.15) is 28.6 Å². The molecule has 0 radical (unpaired) electrons. The lowest BCUT2D eigenvalue weighted by molar-refractivity contribution is 0.0730. The van der Waals surface area contributed by atoms with E-state index in [9.17, 15) is 15.0 Å². The molecule has 0 saturated heterocycles. The Balaban J connectivity index is 2.32. The molecule has 110 valence electrons. The summed E-state index contributed by atoms with van der Waals surface area (Å²) in [5.41, 5.74) is 1.36. The van der Waals surface area contributed by atoms with Crippen LogP contribution in [0.2, 0.25) is 0 Å². The number of rotatable bonds is 3. The highest BCUT2D eigenvalue weighted by Gasteiger charge is 2.18. The predicted molar refractivity (Wildman–Crippen MR) is 77.2 cm³/mol. The van der Waals surface area contributed by atoms with Crippen molar-refractivity contribution < 1.29 is 24.5 Å². The van der Waals surface area contributed by atoms with Gasteiger partial charge in [0.2, 0.25) is 0 Å². The molecule has 2 N–H and O–H groups in total. The Morgan fingerprint density at radius 2 is 1.71 bits per heavy atom. The van der Waals surface area contributed by atoms with Crippen LogP contribution >= 0.6 is 0 Å². The van der Waals surface area contributed by atoms with Crippen molar-refractivity contribution in [1.82, 2.24) is 0 Å². The molecule has 0 fully saturated rings. The summed E-state index contributed by atoms with van der Waals surface area (Å²) in [6.07, 6.45) is 0. The fraction of sp³-hybridized carbons (Fsp3) is 0.188. The van der Waals surface area contributed by atoms with Gasteiger partial charge in [-0.05, 0) is 43.2 Å². The van der Waals surface area contributed by atoms with E-state index in [0.29, 0.717) is 11.3 Å².